The molecule has 1 saturated carbocycles. The van der Waals surface area contributed by atoms with Crippen LogP contribution in [0.4, 0.5) is 20.8 Å². The van der Waals surface area contributed by atoms with Crippen LogP contribution in [0.1, 0.15) is 32.1 Å². The van der Waals surface area contributed by atoms with Crippen LogP contribution in [0.5, 0.6) is 0 Å². The van der Waals surface area contributed by atoms with E-state index < -0.39 is 23.7 Å². The van der Waals surface area contributed by atoms with E-state index in [4.69, 9.17) is 21.4 Å². The Labute approximate surface area is 196 Å². The second-order valence-corrected chi connectivity index (χ2v) is 8.61. The van der Waals surface area contributed by atoms with Gasteiger partial charge in [-0.05, 0) is 23.9 Å². The largest absolute Gasteiger partial charge is 0.465 e. The molecule has 33 heavy (non-hydrogen) atoms. The molecule has 0 aromatic carbocycles. The van der Waals surface area contributed by atoms with Crippen LogP contribution in [0.25, 0.3) is 0 Å². The zero-order valence-electron chi connectivity index (χ0n) is 18.4. The van der Waals surface area contributed by atoms with Gasteiger partial charge in [0.25, 0.3) is 0 Å². The average Bonchev–Trinajstić information content (AvgIpc) is 3.31. The van der Waals surface area contributed by atoms with Crippen LogP contribution in [0.2, 0.25) is 5.28 Å². The fourth-order valence-electron chi connectivity index (χ4n) is 4.14. The molecular weight excluding hydrogens is 457 g/mol. The summed E-state index contributed by atoms with van der Waals surface area (Å²) in [6.07, 6.45) is 3.59. The molecule has 2 aliphatic rings. The van der Waals surface area contributed by atoms with E-state index in [1.54, 1.807) is 0 Å². The number of nitrogens with one attached hydrogen (secondary N) is 4. The van der Waals surface area contributed by atoms with Crippen molar-refractivity contribution in [2.24, 2.45) is 11.8 Å². The van der Waals surface area contributed by atoms with Crippen LogP contribution in [0.15, 0.2) is 0 Å². The highest BCUT2D eigenvalue weighted by Gasteiger charge is 2.26. The number of hydrazine groups is 1. The Bertz CT molecular complexity index is 807. The van der Waals surface area contributed by atoms with Gasteiger partial charge in [-0.3, -0.25) is 20.5 Å². The van der Waals surface area contributed by atoms with Gasteiger partial charge in [0.05, 0.1) is 19.1 Å². The number of carboxylic acid groups (broad SMARTS) is 1. The fraction of sp³-hybridized carbons (Fsp3) is 0.700. The summed E-state index contributed by atoms with van der Waals surface area (Å²) in [5.74, 6) is -1.81. The van der Waals surface area contributed by atoms with E-state index >= 15 is 0 Å². The van der Waals surface area contributed by atoms with Crippen molar-refractivity contribution in [1.29, 1.82) is 0 Å². The molecule has 0 radical (unpaired) electrons. The fourth-order valence-corrected chi connectivity index (χ4v) is 4.31. The predicted molar refractivity (Wildman–Crippen MR) is 121 cm³/mol. The van der Waals surface area contributed by atoms with Crippen molar-refractivity contribution < 1.29 is 23.8 Å². The van der Waals surface area contributed by atoms with E-state index in [0.29, 0.717) is 38.6 Å². The zero-order chi connectivity index (χ0) is 23.6. The topological polar surface area (TPSA) is 141 Å². The molecule has 1 aromatic heterocycles. The molecule has 0 unspecified atom stereocenters. The van der Waals surface area contributed by atoms with E-state index in [2.05, 4.69) is 36.4 Å². The van der Waals surface area contributed by atoms with Gasteiger partial charge in [-0.1, -0.05) is 25.7 Å². The maximum absolute atomic E-state index is 14.9. The third kappa shape index (κ3) is 8.13. The van der Waals surface area contributed by atoms with Crippen molar-refractivity contribution in [2.75, 3.05) is 56.7 Å². The molecule has 0 bridgehead atoms. The van der Waals surface area contributed by atoms with Gasteiger partial charge < -0.3 is 20.5 Å². The van der Waals surface area contributed by atoms with Gasteiger partial charge in [-0.2, -0.15) is 14.4 Å². The van der Waals surface area contributed by atoms with Crippen LogP contribution < -0.4 is 21.5 Å². The molecule has 1 saturated heterocycles. The van der Waals surface area contributed by atoms with Crippen molar-refractivity contribution in [3.05, 3.63) is 11.1 Å². The van der Waals surface area contributed by atoms with Gasteiger partial charge in [0, 0.05) is 32.7 Å². The van der Waals surface area contributed by atoms with Crippen molar-refractivity contribution >= 4 is 35.2 Å². The van der Waals surface area contributed by atoms with E-state index in [-0.39, 0.29) is 23.5 Å². The lowest BCUT2D eigenvalue weighted by Crippen LogP contribution is -2.42. The Morgan fingerprint density at radius 1 is 1.21 bits per heavy atom. The summed E-state index contributed by atoms with van der Waals surface area (Å²) < 4.78 is 20.2. The quantitative estimate of drug-likeness (QED) is 0.234. The summed E-state index contributed by atoms with van der Waals surface area (Å²) in [7, 11) is 0. The molecule has 2 fully saturated rings. The van der Waals surface area contributed by atoms with Gasteiger partial charge in [0.15, 0.2) is 11.6 Å². The molecular formula is C20H31ClFN7O4. The lowest BCUT2D eigenvalue weighted by Gasteiger charge is -2.26. The van der Waals surface area contributed by atoms with Gasteiger partial charge in [-0.15, -0.1) is 0 Å². The number of carbonyl (C=O) groups is 2. The molecule has 2 amide bonds. The number of ether oxygens (including phenoxy) is 1. The molecule has 13 heteroatoms. The minimum atomic E-state index is -1.20. The molecule has 2 heterocycles. The van der Waals surface area contributed by atoms with Crippen molar-refractivity contribution in [2.45, 2.75) is 32.1 Å². The van der Waals surface area contributed by atoms with Crippen LogP contribution >= 0.6 is 11.6 Å². The maximum Gasteiger partial charge on any atom is 0.404 e. The third-order valence-corrected chi connectivity index (χ3v) is 6.08. The number of aromatic nitrogens is 2. The maximum atomic E-state index is 14.9. The lowest BCUT2D eigenvalue weighted by atomic mass is 9.92. The highest BCUT2D eigenvalue weighted by atomic mass is 35.5. The lowest BCUT2D eigenvalue weighted by molar-refractivity contribution is -0.124. The summed E-state index contributed by atoms with van der Waals surface area (Å²) in [6, 6.07) is 0. The van der Waals surface area contributed by atoms with Crippen LogP contribution in [-0.2, 0) is 9.53 Å². The van der Waals surface area contributed by atoms with Gasteiger partial charge in [-0.25, -0.2) is 4.79 Å². The van der Waals surface area contributed by atoms with E-state index in [1.165, 1.54) is 0 Å². The van der Waals surface area contributed by atoms with E-state index in [0.717, 1.165) is 38.8 Å². The van der Waals surface area contributed by atoms with Crippen molar-refractivity contribution in [1.82, 2.24) is 25.6 Å². The Balaban J connectivity index is 1.56. The van der Waals surface area contributed by atoms with Crippen LogP contribution in [0.3, 0.4) is 0 Å². The third-order valence-electron chi connectivity index (χ3n) is 5.92. The number of hydrogen-bond donors (Lipinski definition) is 5. The standard InChI is InChI=1S/C20H31ClFN7O4/c21-19-25-16(23-5-6-29-7-9-33-10-8-29)15(22)17(26-19)27-28-18(30)14(12-24-20(31)32)11-13-3-1-2-4-13/h13-14,24H,1-12H2,(H,28,30)(H,31,32)(H2,23,25,26,27)/t14-/m1/s1. The molecule has 1 aliphatic heterocycles. The smallest absolute Gasteiger partial charge is 0.404 e. The number of rotatable bonds is 11. The Hall–Kier alpha value is -2.44. The molecule has 3 rings (SSSR count). The molecule has 1 aliphatic carbocycles. The van der Waals surface area contributed by atoms with Crippen molar-refractivity contribution in [3.63, 3.8) is 0 Å². The summed E-state index contributed by atoms with van der Waals surface area (Å²) in [6.45, 7) is 4.07. The number of anilines is 2. The number of hydrogen-bond acceptors (Lipinski definition) is 8. The summed E-state index contributed by atoms with van der Waals surface area (Å²) >= 11 is 5.94. The monoisotopic (exact) mass is 487 g/mol. The highest BCUT2D eigenvalue weighted by molar-refractivity contribution is 6.28. The normalized spacial score (nSPS) is 18.0. The summed E-state index contributed by atoms with van der Waals surface area (Å²) in [5, 5.41) is 13.9. The van der Waals surface area contributed by atoms with E-state index in [9.17, 15) is 14.0 Å². The number of halogens is 2. The second kappa shape index (κ2) is 12.7. The first-order chi connectivity index (χ1) is 15.9. The second-order valence-electron chi connectivity index (χ2n) is 8.27. The average molecular weight is 488 g/mol. The summed E-state index contributed by atoms with van der Waals surface area (Å²) in [5.41, 5.74) is 4.91. The minimum absolute atomic E-state index is 0.0271. The van der Waals surface area contributed by atoms with Crippen LogP contribution in [0, 0.1) is 17.7 Å². The SMILES string of the molecule is O=C(O)NC[C@@H](CC1CCCC1)C(=O)NNc1nc(Cl)nc(NCCN2CCOCC2)c1F. The molecule has 1 aromatic rings. The minimum Gasteiger partial charge on any atom is -0.465 e. The number of carbonyl (C=O) groups excluding carboxylic acids is 1. The van der Waals surface area contributed by atoms with Gasteiger partial charge >= 0.3 is 6.09 Å². The number of morpholine rings is 1. The highest BCUT2D eigenvalue weighted by Crippen LogP contribution is 2.30. The van der Waals surface area contributed by atoms with Gasteiger partial charge in [0.1, 0.15) is 0 Å². The molecule has 11 nitrogen and oxygen atoms in total. The first-order valence-corrected chi connectivity index (χ1v) is 11.6. The van der Waals surface area contributed by atoms with Crippen LogP contribution in [-0.4, -0.2) is 77.9 Å². The molecule has 0 spiro atoms. The number of nitrogens with zero attached hydrogens (tertiary/aromatic N) is 3. The molecule has 5 N–H and O–H groups in total. The number of amides is 2. The summed E-state index contributed by atoms with van der Waals surface area (Å²) in [4.78, 5) is 33.5. The first kappa shape index (κ1) is 25.2. The van der Waals surface area contributed by atoms with E-state index in [1.807, 2.05) is 0 Å². The Kier molecular flexibility index (Phi) is 9.70. The van der Waals surface area contributed by atoms with Gasteiger partial charge in [0.2, 0.25) is 17.0 Å². The predicted octanol–water partition coefficient (Wildman–Crippen LogP) is 1.92. The molecule has 184 valence electrons. The zero-order valence-corrected chi connectivity index (χ0v) is 19.2. The van der Waals surface area contributed by atoms with Crippen molar-refractivity contribution in [3.8, 4) is 0 Å². The molecule has 1 atom stereocenters. The first-order valence-electron chi connectivity index (χ1n) is 11.2. The Morgan fingerprint density at radius 3 is 2.61 bits per heavy atom. The Morgan fingerprint density at radius 2 is 1.91 bits per heavy atom.